The highest BCUT2D eigenvalue weighted by Gasteiger charge is 2.02. The van der Waals surface area contributed by atoms with Crippen LogP contribution in [0.25, 0.3) is 0 Å². The number of rotatable bonds is 3. The van der Waals surface area contributed by atoms with Gasteiger partial charge in [0.2, 0.25) is 0 Å². The summed E-state index contributed by atoms with van der Waals surface area (Å²) in [7, 11) is 0. The number of hydrogen-bond acceptors (Lipinski definition) is 0. The van der Waals surface area contributed by atoms with E-state index in [1.807, 2.05) is 25.1 Å². The molecule has 0 aliphatic carbocycles. The lowest BCUT2D eigenvalue weighted by Gasteiger charge is -2.07. The normalized spacial score (nSPS) is 13.5. The summed E-state index contributed by atoms with van der Waals surface area (Å²) in [5.41, 5.74) is 1.23. The molecule has 0 aliphatic rings. The number of halogens is 1. The first kappa shape index (κ1) is 10.3. The van der Waals surface area contributed by atoms with E-state index in [0.717, 1.165) is 11.4 Å². The zero-order valence-corrected chi connectivity index (χ0v) is 8.88. The molecular weight excluding hydrogens is 180 g/mol. The van der Waals surface area contributed by atoms with E-state index in [-0.39, 0.29) is 0 Å². The maximum atomic E-state index is 6.04. The van der Waals surface area contributed by atoms with E-state index in [1.54, 1.807) is 0 Å². The van der Waals surface area contributed by atoms with Crippen molar-refractivity contribution in [3.63, 3.8) is 0 Å². The van der Waals surface area contributed by atoms with Crippen LogP contribution in [0.3, 0.4) is 0 Å². The first-order valence-electron chi connectivity index (χ1n) is 4.60. The average molecular weight is 195 g/mol. The molecule has 13 heavy (non-hydrogen) atoms. The molecule has 1 rings (SSSR count). The molecule has 70 valence electrons. The second-order valence-electron chi connectivity index (χ2n) is 3.30. The lowest BCUT2D eigenvalue weighted by molar-refractivity contribution is 0.723. The molecule has 0 N–H and O–H groups in total. The van der Waals surface area contributed by atoms with Crippen LogP contribution in [0.1, 0.15) is 19.4 Å². The Labute approximate surface area is 85.2 Å². The molecule has 1 unspecified atom stereocenters. The smallest absolute Gasteiger partial charge is 0.0438 e. The lowest BCUT2D eigenvalue weighted by Crippen LogP contribution is -1.96. The number of hydrogen-bond donors (Lipinski definition) is 0. The Hall–Kier alpha value is -0.750. The minimum Gasteiger partial charge on any atom is -0.0914 e. The highest BCUT2D eigenvalue weighted by molar-refractivity contribution is 6.31. The molecular formula is C12H15Cl. The zero-order valence-electron chi connectivity index (χ0n) is 8.13. The first-order valence-corrected chi connectivity index (χ1v) is 4.98. The second kappa shape index (κ2) is 5.08. The maximum Gasteiger partial charge on any atom is 0.0438 e. The van der Waals surface area contributed by atoms with Crippen molar-refractivity contribution in [2.75, 3.05) is 0 Å². The Balaban J connectivity index is 2.68. The van der Waals surface area contributed by atoms with Crippen LogP contribution in [-0.2, 0) is 6.42 Å². The van der Waals surface area contributed by atoms with Crippen molar-refractivity contribution in [3.8, 4) is 0 Å². The lowest BCUT2D eigenvalue weighted by atomic mass is 10.0. The van der Waals surface area contributed by atoms with E-state index >= 15 is 0 Å². The molecule has 0 aromatic heterocycles. The van der Waals surface area contributed by atoms with E-state index in [0.29, 0.717) is 5.92 Å². The summed E-state index contributed by atoms with van der Waals surface area (Å²) in [5.74, 6) is 0.560. The van der Waals surface area contributed by atoms with Gasteiger partial charge in [0.05, 0.1) is 0 Å². The third kappa shape index (κ3) is 3.23. The molecule has 0 aliphatic heterocycles. The molecule has 0 fully saturated rings. The van der Waals surface area contributed by atoms with Gasteiger partial charge in [0.1, 0.15) is 0 Å². The van der Waals surface area contributed by atoms with Crippen LogP contribution in [0, 0.1) is 5.92 Å². The van der Waals surface area contributed by atoms with Crippen molar-refractivity contribution in [2.45, 2.75) is 20.3 Å². The molecule has 0 heterocycles. The fraction of sp³-hybridized carbons (Fsp3) is 0.333. The van der Waals surface area contributed by atoms with Gasteiger partial charge in [0.15, 0.2) is 0 Å². The predicted octanol–water partition coefficient (Wildman–Crippen LogP) is 4.09. The molecule has 1 heteroatoms. The SMILES string of the molecule is C/C=C\C(C)Cc1ccccc1Cl. The summed E-state index contributed by atoms with van der Waals surface area (Å²) in [6.07, 6.45) is 5.30. The van der Waals surface area contributed by atoms with Crippen LogP contribution in [0.15, 0.2) is 36.4 Å². The summed E-state index contributed by atoms with van der Waals surface area (Å²) < 4.78 is 0. The summed E-state index contributed by atoms with van der Waals surface area (Å²) in [6, 6.07) is 8.03. The van der Waals surface area contributed by atoms with Gasteiger partial charge < -0.3 is 0 Å². The summed E-state index contributed by atoms with van der Waals surface area (Å²) in [6.45, 7) is 4.24. The molecule has 0 bridgehead atoms. The molecule has 0 saturated carbocycles. The first-order chi connectivity index (χ1) is 6.24. The van der Waals surface area contributed by atoms with Gasteiger partial charge in [0.25, 0.3) is 0 Å². The molecule has 0 nitrogen and oxygen atoms in total. The fourth-order valence-corrected chi connectivity index (χ4v) is 1.62. The van der Waals surface area contributed by atoms with Crippen molar-refractivity contribution in [1.82, 2.24) is 0 Å². The van der Waals surface area contributed by atoms with Crippen LogP contribution >= 0.6 is 11.6 Å². The highest BCUT2D eigenvalue weighted by atomic mass is 35.5. The second-order valence-corrected chi connectivity index (χ2v) is 3.71. The fourth-order valence-electron chi connectivity index (χ4n) is 1.41. The van der Waals surface area contributed by atoms with Crippen molar-refractivity contribution in [1.29, 1.82) is 0 Å². The molecule has 1 atom stereocenters. The van der Waals surface area contributed by atoms with Gasteiger partial charge in [-0.3, -0.25) is 0 Å². The van der Waals surface area contributed by atoms with Gasteiger partial charge in [-0.15, -0.1) is 0 Å². The number of allylic oxidation sites excluding steroid dienone is 2. The number of benzene rings is 1. The maximum absolute atomic E-state index is 6.04. The van der Waals surface area contributed by atoms with Crippen LogP contribution in [0.5, 0.6) is 0 Å². The Kier molecular flexibility index (Phi) is 4.04. The molecule has 0 saturated heterocycles. The minimum absolute atomic E-state index is 0.560. The van der Waals surface area contributed by atoms with E-state index in [1.165, 1.54) is 5.56 Å². The monoisotopic (exact) mass is 194 g/mol. The van der Waals surface area contributed by atoms with Gasteiger partial charge in [-0.1, -0.05) is 48.9 Å². The topological polar surface area (TPSA) is 0 Å². The van der Waals surface area contributed by atoms with Crippen molar-refractivity contribution < 1.29 is 0 Å². The largest absolute Gasteiger partial charge is 0.0914 e. The Morgan fingerprint density at radius 3 is 2.69 bits per heavy atom. The van der Waals surface area contributed by atoms with E-state index in [2.05, 4.69) is 25.1 Å². The predicted molar refractivity (Wildman–Crippen MR) is 59.1 cm³/mol. The minimum atomic E-state index is 0.560. The van der Waals surface area contributed by atoms with Crippen molar-refractivity contribution >= 4 is 11.6 Å². The quantitative estimate of drug-likeness (QED) is 0.636. The van der Waals surface area contributed by atoms with Crippen molar-refractivity contribution in [2.24, 2.45) is 5.92 Å². The summed E-state index contributed by atoms with van der Waals surface area (Å²) >= 11 is 6.04. The Morgan fingerprint density at radius 2 is 2.08 bits per heavy atom. The van der Waals surface area contributed by atoms with Crippen LogP contribution in [0.2, 0.25) is 5.02 Å². The standard InChI is InChI=1S/C12H15Cl/c1-3-6-10(2)9-11-7-4-5-8-12(11)13/h3-8,10H,9H2,1-2H3/b6-3-. The molecule has 1 aromatic rings. The van der Waals surface area contributed by atoms with E-state index in [9.17, 15) is 0 Å². The third-order valence-corrected chi connectivity index (χ3v) is 2.39. The third-order valence-electron chi connectivity index (χ3n) is 2.02. The molecule has 1 aromatic carbocycles. The van der Waals surface area contributed by atoms with Crippen LogP contribution in [0.4, 0.5) is 0 Å². The van der Waals surface area contributed by atoms with Crippen LogP contribution in [-0.4, -0.2) is 0 Å². The van der Waals surface area contributed by atoms with Crippen LogP contribution < -0.4 is 0 Å². The Morgan fingerprint density at radius 1 is 1.38 bits per heavy atom. The van der Waals surface area contributed by atoms with Gasteiger partial charge in [-0.25, -0.2) is 0 Å². The summed E-state index contributed by atoms with van der Waals surface area (Å²) in [4.78, 5) is 0. The van der Waals surface area contributed by atoms with Gasteiger partial charge in [-0.05, 0) is 30.9 Å². The highest BCUT2D eigenvalue weighted by Crippen LogP contribution is 2.18. The zero-order chi connectivity index (χ0) is 9.68. The Bertz CT molecular complexity index is 289. The van der Waals surface area contributed by atoms with E-state index < -0.39 is 0 Å². The summed E-state index contributed by atoms with van der Waals surface area (Å²) in [5, 5.41) is 0.874. The average Bonchev–Trinajstić information content (AvgIpc) is 2.09. The van der Waals surface area contributed by atoms with E-state index in [4.69, 9.17) is 11.6 Å². The van der Waals surface area contributed by atoms with Gasteiger partial charge in [-0.2, -0.15) is 0 Å². The van der Waals surface area contributed by atoms with Gasteiger partial charge in [0, 0.05) is 5.02 Å². The van der Waals surface area contributed by atoms with Gasteiger partial charge >= 0.3 is 0 Å². The molecule has 0 spiro atoms. The molecule has 0 amide bonds. The molecule has 0 radical (unpaired) electrons. The van der Waals surface area contributed by atoms with Crippen molar-refractivity contribution in [3.05, 3.63) is 47.0 Å².